The standard InChI is InChI=1S/C6H12N2O/c7-5-3-1-2-4-6(8)9/h6,9H,1-4,8H2. The third kappa shape index (κ3) is 7.41. The fourth-order valence-corrected chi connectivity index (χ4v) is 0.558. The summed E-state index contributed by atoms with van der Waals surface area (Å²) in [6, 6.07) is 2.02. The lowest BCUT2D eigenvalue weighted by Gasteiger charge is -1.99. The quantitative estimate of drug-likeness (QED) is 0.424. The highest BCUT2D eigenvalue weighted by atomic mass is 16.3. The molecule has 0 bridgehead atoms. The van der Waals surface area contributed by atoms with Gasteiger partial charge in [0.1, 0.15) is 6.23 Å². The van der Waals surface area contributed by atoms with Crippen LogP contribution in [0.15, 0.2) is 0 Å². The van der Waals surface area contributed by atoms with Crippen LogP contribution in [0, 0.1) is 11.3 Å². The molecule has 0 aliphatic heterocycles. The average molecular weight is 128 g/mol. The van der Waals surface area contributed by atoms with Crippen LogP contribution in [0.5, 0.6) is 0 Å². The summed E-state index contributed by atoms with van der Waals surface area (Å²) in [5.41, 5.74) is 5.05. The second kappa shape index (κ2) is 5.54. The van der Waals surface area contributed by atoms with Crippen LogP contribution < -0.4 is 5.73 Å². The third-order valence-electron chi connectivity index (χ3n) is 1.04. The van der Waals surface area contributed by atoms with E-state index in [2.05, 4.69) is 0 Å². The van der Waals surface area contributed by atoms with Crippen LogP contribution >= 0.6 is 0 Å². The molecule has 52 valence electrons. The van der Waals surface area contributed by atoms with Gasteiger partial charge in [-0.3, -0.25) is 0 Å². The van der Waals surface area contributed by atoms with Gasteiger partial charge in [-0.15, -0.1) is 0 Å². The number of aliphatic hydroxyl groups is 1. The Labute approximate surface area is 55.1 Å². The molecule has 0 rings (SSSR count). The Balaban J connectivity index is 2.85. The molecule has 0 aromatic heterocycles. The normalized spacial score (nSPS) is 12.6. The lowest BCUT2D eigenvalue weighted by atomic mass is 10.2. The summed E-state index contributed by atoms with van der Waals surface area (Å²) in [4.78, 5) is 0. The van der Waals surface area contributed by atoms with Gasteiger partial charge in [-0.2, -0.15) is 5.26 Å². The van der Waals surface area contributed by atoms with Crippen molar-refractivity contribution in [1.82, 2.24) is 0 Å². The minimum atomic E-state index is -0.705. The Morgan fingerprint density at radius 3 is 2.67 bits per heavy atom. The van der Waals surface area contributed by atoms with Crippen molar-refractivity contribution >= 4 is 0 Å². The fourth-order valence-electron chi connectivity index (χ4n) is 0.558. The molecule has 0 saturated heterocycles. The van der Waals surface area contributed by atoms with Crippen LogP contribution in [0.2, 0.25) is 0 Å². The van der Waals surface area contributed by atoms with Crippen LogP contribution in [0.4, 0.5) is 0 Å². The number of nitrogens with two attached hydrogens (primary N) is 1. The highest BCUT2D eigenvalue weighted by Crippen LogP contribution is 1.98. The predicted molar refractivity (Wildman–Crippen MR) is 34.3 cm³/mol. The first-order valence-corrected chi connectivity index (χ1v) is 3.08. The van der Waals surface area contributed by atoms with Crippen molar-refractivity contribution in [3.8, 4) is 6.07 Å². The zero-order valence-electron chi connectivity index (χ0n) is 5.38. The number of nitrogens with zero attached hydrogens (tertiary/aromatic N) is 1. The van der Waals surface area contributed by atoms with E-state index in [0.29, 0.717) is 12.8 Å². The summed E-state index contributed by atoms with van der Waals surface area (Å²) in [6.45, 7) is 0. The summed E-state index contributed by atoms with van der Waals surface area (Å²) >= 11 is 0. The van der Waals surface area contributed by atoms with Gasteiger partial charge in [0.25, 0.3) is 0 Å². The Kier molecular flexibility index (Phi) is 5.18. The molecule has 1 unspecified atom stereocenters. The fraction of sp³-hybridized carbons (Fsp3) is 0.833. The Bertz CT molecular complexity index is 95.7. The minimum Gasteiger partial charge on any atom is -0.379 e. The van der Waals surface area contributed by atoms with Crippen LogP contribution in [-0.2, 0) is 0 Å². The molecule has 0 saturated carbocycles. The van der Waals surface area contributed by atoms with Gasteiger partial charge in [-0.1, -0.05) is 0 Å². The topological polar surface area (TPSA) is 70.0 Å². The van der Waals surface area contributed by atoms with Gasteiger partial charge in [0.15, 0.2) is 0 Å². The van der Waals surface area contributed by atoms with E-state index >= 15 is 0 Å². The van der Waals surface area contributed by atoms with Crippen molar-refractivity contribution in [2.45, 2.75) is 31.9 Å². The lowest BCUT2D eigenvalue weighted by Crippen LogP contribution is -2.17. The molecule has 0 aliphatic rings. The maximum Gasteiger partial charge on any atom is 0.102 e. The maximum absolute atomic E-state index is 8.55. The van der Waals surface area contributed by atoms with Crippen molar-refractivity contribution < 1.29 is 5.11 Å². The molecule has 9 heavy (non-hydrogen) atoms. The van der Waals surface area contributed by atoms with Crippen molar-refractivity contribution in [2.24, 2.45) is 5.73 Å². The molecule has 3 heteroatoms. The van der Waals surface area contributed by atoms with Crippen LogP contribution in [-0.4, -0.2) is 11.3 Å². The molecule has 3 nitrogen and oxygen atoms in total. The molecule has 0 aromatic rings. The van der Waals surface area contributed by atoms with E-state index in [9.17, 15) is 0 Å². The first-order valence-electron chi connectivity index (χ1n) is 3.08. The Morgan fingerprint density at radius 2 is 2.22 bits per heavy atom. The lowest BCUT2D eigenvalue weighted by molar-refractivity contribution is 0.168. The van der Waals surface area contributed by atoms with Gasteiger partial charge >= 0.3 is 0 Å². The molecular weight excluding hydrogens is 116 g/mol. The summed E-state index contributed by atoms with van der Waals surface area (Å²) in [5, 5.41) is 16.6. The van der Waals surface area contributed by atoms with Gasteiger partial charge in [0.2, 0.25) is 0 Å². The Hall–Kier alpha value is -0.590. The SMILES string of the molecule is N#CCCCCC(N)O. The zero-order valence-corrected chi connectivity index (χ0v) is 5.38. The molecule has 0 aromatic carbocycles. The summed E-state index contributed by atoms with van der Waals surface area (Å²) < 4.78 is 0. The number of aliphatic hydroxyl groups excluding tert-OH is 1. The molecule has 0 amide bonds. The zero-order chi connectivity index (χ0) is 7.11. The first kappa shape index (κ1) is 8.41. The number of hydrogen-bond acceptors (Lipinski definition) is 3. The first-order chi connectivity index (χ1) is 4.27. The van der Waals surface area contributed by atoms with E-state index in [0.717, 1.165) is 12.8 Å². The van der Waals surface area contributed by atoms with Crippen LogP contribution in [0.1, 0.15) is 25.7 Å². The second-order valence-corrected chi connectivity index (χ2v) is 1.97. The average Bonchev–Trinajstić information content (AvgIpc) is 1.80. The molecule has 3 N–H and O–H groups in total. The third-order valence-corrected chi connectivity index (χ3v) is 1.04. The number of unbranched alkanes of at least 4 members (excludes halogenated alkanes) is 2. The molecule has 0 heterocycles. The summed E-state index contributed by atoms with van der Waals surface area (Å²) in [6.07, 6.45) is 2.13. The van der Waals surface area contributed by atoms with Gasteiger partial charge in [-0.25, -0.2) is 0 Å². The second-order valence-electron chi connectivity index (χ2n) is 1.97. The van der Waals surface area contributed by atoms with Crippen molar-refractivity contribution in [3.05, 3.63) is 0 Å². The van der Waals surface area contributed by atoms with Crippen molar-refractivity contribution in [3.63, 3.8) is 0 Å². The molecule has 1 atom stereocenters. The van der Waals surface area contributed by atoms with Crippen molar-refractivity contribution in [2.75, 3.05) is 0 Å². The summed E-state index contributed by atoms with van der Waals surface area (Å²) in [7, 11) is 0. The van der Waals surface area contributed by atoms with E-state index in [1.165, 1.54) is 0 Å². The Morgan fingerprint density at radius 1 is 1.56 bits per heavy atom. The highest BCUT2D eigenvalue weighted by molar-refractivity contribution is 4.67. The van der Waals surface area contributed by atoms with Gasteiger partial charge in [0.05, 0.1) is 6.07 Å². The smallest absolute Gasteiger partial charge is 0.102 e. The van der Waals surface area contributed by atoms with E-state index in [4.69, 9.17) is 16.1 Å². The van der Waals surface area contributed by atoms with E-state index in [-0.39, 0.29) is 0 Å². The maximum atomic E-state index is 8.55. The van der Waals surface area contributed by atoms with Crippen molar-refractivity contribution in [1.29, 1.82) is 5.26 Å². The van der Waals surface area contributed by atoms with Crippen LogP contribution in [0.3, 0.4) is 0 Å². The summed E-state index contributed by atoms with van der Waals surface area (Å²) in [5.74, 6) is 0. The van der Waals surface area contributed by atoms with Gasteiger partial charge < -0.3 is 10.8 Å². The van der Waals surface area contributed by atoms with Gasteiger partial charge in [0, 0.05) is 6.42 Å². The molecule has 0 fully saturated rings. The number of nitriles is 1. The van der Waals surface area contributed by atoms with Gasteiger partial charge in [-0.05, 0) is 19.3 Å². The molecule has 0 aliphatic carbocycles. The monoisotopic (exact) mass is 128 g/mol. The minimum absolute atomic E-state index is 0.562. The van der Waals surface area contributed by atoms with E-state index < -0.39 is 6.23 Å². The largest absolute Gasteiger partial charge is 0.379 e. The highest BCUT2D eigenvalue weighted by Gasteiger charge is 1.93. The predicted octanol–water partition coefficient (Wildman–Crippen LogP) is 0.347. The van der Waals surface area contributed by atoms with Crippen LogP contribution in [0.25, 0.3) is 0 Å². The van der Waals surface area contributed by atoms with E-state index in [1.807, 2.05) is 6.07 Å². The molecule has 0 radical (unpaired) electrons. The van der Waals surface area contributed by atoms with E-state index in [1.54, 1.807) is 0 Å². The molecule has 0 spiro atoms. The molecular formula is C6H12N2O. The number of hydrogen-bond donors (Lipinski definition) is 2. The number of rotatable bonds is 4.